The van der Waals surface area contributed by atoms with Gasteiger partial charge in [0.1, 0.15) is 5.75 Å². The van der Waals surface area contributed by atoms with Crippen molar-refractivity contribution in [1.82, 2.24) is 8.87 Å². The van der Waals surface area contributed by atoms with Crippen LogP contribution in [0.1, 0.15) is 16.7 Å². The largest absolute Gasteiger partial charge is 0.495 e. The van der Waals surface area contributed by atoms with Crippen LogP contribution >= 0.6 is 23.8 Å². The molecule has 1 aliphatic heterocycles. The second-order valence-corrected chi connectivity index (χ2v) is 12.6. The highest BCUT2D eigenvalue weighted by molar-refractivity contribution is 7.89. The first-order valence-electron chi connectivity index (χ1n) is 13.1. The summed E-state index contributed by atoms with van der Waals surface area (Å²) in [5, 5.41) is 23.7. The SMILES string of the molecule is COc1cc(Cl)c(C)cc1NC(=S)N=Nc1c(O)n(Cc2ccc(C)cc2)c2ccc(S(=O)(=O)N3CCOCC3)cc12. The lowest BCUT2D eigenvalue weighted by atomic mass is 10.1. The number of methoxy groups -OCH3 is 1. The third-order valence-corrected chi connectivity index (χ3v) is 9.50. The molecule has 0 radical (unpaired) electrons. The molecule has 10 nitrogen and oxygen atoms in total. The van der Waals surface area contributed by atoms with Crippen LogP contribution in [0.3, 0.4) is 0 Å². The average molecular weight is 628 g/mol. The Kier molecular flexibility index (Phi) is 8.81. The number of hydrogen-bond donors (Lipinski definition) is 2. The number of azo groups is 1. The van der Waals surface area contributed by atoms with E-state index in [1.54, 1.807) is 28.8 Å². The van der Waals surface area contributed by atoms with Gasteiger partial charge in [0.2, 0.25) is 21.0 Å². The molecular formula is C29H30ClN5O5S2. The quantitative estimate of drug-likeness (QED) is 0.186. The summed E-state index contributed by atoms with van der Waals surface area (Å²) < 4.78 is 40.6. The van der Waals surface area contributed by atoms with Crippen LogP contribution in [0.5, 0.6) is 11.6 Å². The lowest BCUT2D eigenvalue weighted by molar-refractivity contribution is 0.0730. The van der Waals surface area contributed by atoms with E-state index in [4.69, 9.17) is 33.3 Å². The highest BCUT2D eigenvalue weighted by Crippen LogP contribution is 2.41. The second-order valence-electron chi connectivity index (χ2n) is 9.87. The van der Waals surface area contributed by atoms with Crippen molar-refractivity contribution in [2.45, 2.75) is 25.3 Å². The van der Waals surface area contributed by atoms with E-state index in [0.717, 1.165) is 16.7 Å². The third-order valence-electron chi connectivity index (χ3n) is 7.01. The maximum Gasteiger partial charge on any atom is 0.243 e. The summed E-state index contributed by atoms with van der Waals surface area (Å²) in [5.74, 6) is 0.302. The molecule has 13 heteroatoms. The molecule has 220 valence electrons. The number of halogens is 1. The van der Waals surface area contributed by atoms with Gasteiger partial charge in [-0.05, 0) is 61.5 Å². The number of anilines is 1. The third kappa shape index (κ3) is 6.13. The number of aromatic nitrogens is 1. The van der Waals surface area contributed by atoms with Crippen molar-refractivity contribution < 1.29 is 23.0 Å². The number of rotatable bonds is 7. The van der Waals surface area contributed by atoms with Crippen LogP contribution in [0.4, 0.5) is 11.4 Å². The number of fused-ring (bicyclic) bond motifs is 1. The van der Waals surface area contributed by atoms with Crippen molar-refractivity contribution in [3.8, 4) is 11.6 Å². The number of nitrogens with zero attached hydrogens (tertiary/aromatic N) is 4. The lowest BCUT2D eigenvalue weighted by Gasteiger charge is -2.26. The van der Waals surface area contributed by atoms with E-state index < -0.39 is 10.0 Å². The Morgan fingerprint density at radius 2 is 1.83 bits per heavy atom. The van der Waals surface area contributed by atoms with E-state index in [1.165, 1.54) is 17.5 Å². The van der Waals surface area contributed by atoms with Gasteiger partial charge in [0, 0.05) is 29.6 Å². The van der Waals surface area contributed by atoms with Gasteiger partial charge in [0.15, 0.2) is 5.69 Å². The summed E-state index contributed by atoms with van der Waals surface area (Å²) in [7, 11) is -2.28. The van der Waals surface area contributed by atoms with E-state index in [0.29, 0.717) is 47.1 Å². The minimum Gasteiger partial charge on any atom is -0.495 e. The number of nitrogens with one attached hydrogen (secondary N) is 1. The van der Waals surface area contributed by atoms with Crippen molar-refractivity contribution in [2.24, 2.45) is 10.2 Å². The van der Waals surface area contributed by atoms with E-state index in [9.17, 15) is 13.5 Å². The zero-order chi connectivity index (χ0) is 30.0. The predicted molar refractivity (Wildman–Crippen MR) is 167 cm³/mol. The molecule has 1 aliphatic rings. The minimum absolute atomic E-state index is 0.00551. The van der Waals surface area contributed by atoms with Crippen molar-refractivity contribution in [3.63, 3.8) is 0 Å². The van der Waals surface area contributed by atoms with Crippen LogP contribution in [0.25, 0.3) is 10.9 Å². The first-order chi connectivity index (χ1) is 20.1. The Balaban J connectivity index is 1.55. The molecule has 0 atom stereocenters. The summed E-state index contributed by atoms with van der Waals surface area (Å²) in [4.78, 5) is 0.0860. The van der Waals surface area contributed by atoms with Gasteiger partial charge in [0.05, 0.1) is 43.0 Å². The zero-order valence-corrected chi connectivity index (χ0v) is 25.7. The normalized spacial score (nSPS) is 14.5. The topological polar surface area (TPSA) is 118 Å². The predicted octanol–water partition coefficient (Wildman–Crippen LogP) is 6.18. The maximum absolute atomic E-state index is 13.4. The molecule has 0 spiro atoms. The molecule has 0 bridgehead atoms. The second kappa shape index (κ2) is 12.4. The van der Waals surface area contributed by atoms with E-state index >= 15 is 0 Å². The summed E-state index contributed by atoms with van der Waals surface area (Å²) in [6, 6.07) is 16.1. The van der Waals surface area contributed by atoms with Crippen LogP contribution in [0, 0.1) is 13.8 Å². The molecule has 42 heavy (non-hydrogen) atoms. The molecule has 2 heterocycles. The molecule has 0 aliphatic carbocycles. The molecule has 0 amide bonds. The highest BCUT2D eigenvalue weighted by Gasteiger charge is 2.28. The number of aromatic hydroxyl groups is 1. The molecule has 0 unspecified atom stereocenters. The molecule has 4 aromatic rings. The molecule has 3 aromatic carbocycles. The van der Waals surface area contributed by atoms with Crippen LogP contribution in [0.15, 0.2) is 69.7 Å². The van der Waals surface area contributed by atoms with E-state index in [-0.39, 0.29) is 34.7 Å². The van der Waals surface area contributed by atoms with Gasteiger partial charge in [0.25, 0.3) is 0 Å². The summed E-state index contributed by atoms with van der Waals surface area (Å²) in [6.07, 6.45) is 0. The first-order valence-corrected chi connectivity index (χ1v) is 15.4. The molecule has 1 saturated heterocycles. The van der Waals surface area contributed by atoms with Gasteiger partial charge in [-0.2, -0.15) is 4.31 Å². The Morgan fingerprint density at radius 1 is 1.12 bits per heavy atom. The summed E-state index contributed by atoms with van der Waals surface area (Å²) in [6.45, 7) is 5.37. The average Bonchev–Trinajstić information content (AvgIpc) is 3.24. The maximum atomic E-state index is 13.4. The number of morpholine rings is 1. The number of aryl methyl sites for hydroxylation is 2. The smallest absolute Gasteiger partial charge is 0.243 e. The van der Waals surface area contributed by atoms with Gasteiger partial charge >= 0.3 is 0 Å². The molecule has 5 rings (SSSR count). The lowest BCUT2D eigenvalue weighted by Crippen LogP contribution is -2.40. The zero-order valence-electron chi connectivity index (χ0n) is 23.3. The Morgan fingerprint density at radius 3 is 2.52 bits per heavy atom. The monoisotopic (exact) mass is 627 g/mol. The van der Waals surface area contributed by atoms with Gasteiger partial charge in [-0.1, -0.05) is 41.4 Å². The van der Waals surface area contributed by atoms with E-state index in [1.807, 2.05) is 38.1 Å². The first kappa shape index (κ1) is 29.9. The highest BCUT2D eigenvalue weighted by atomic mass is 35.5. The molecule has 1 aromatic heterocycles. The Labute approximate surface area is 254 Å². The number of benzene rings is 3. The number of sulfonamides is 1. The van der Waals surface area contributed by atoms with Crippen LogP contribution < -0.4 is 10.1 Å². The molecule has 2 N–H and O–H groups in total. The van der Waals surface area contributed by atoms with Crippen LogP contribution in [-0.2, 0) is 21.3 Å². The molecular weight excluding hydrogens is 598 g/mol. The summed E-state index contributed by atoms with van der Waals surface area (Å²) >= 11 is 11.6. The Bertz CT molecular complexity index is 1780. The number of hydrogen-bond acceptors (Lipinski definition) is 7. The van der Waals surface area contributed by atoms with Gasteiger partial charge in [-0.3, -0.25) is 0 Å². The van der Waals surface area contributed by atoms with Gasteiger partial charge < -0.3 is 24.5 Å². The Hall–Kier alpha value is -3.55. The fourth-order valence-electron chi connectivity index (χ4n) is 4.70. The van der Waals surface area contributed by atoms with Crippen LogP contribution in [0.2, 0.25) is 5.02 Å². The van der Waals surface area contributed by atoms with Gasteiger partial charge in [-0.25, -0.2) is 8.42 Å². The van der Waals surface area contributed by atoms with Crippen LogP contribution in [-0.4, -0.2) is 60.9 Å². The number of thiocarbonyl (C=S) groups is 1. The number of ether oxygens (including phenoxy) is 2. The van der Waals surface area contributed by atoms with Crippen molar-refractivity contribution in [2.75, 3.05) is 38.7 Å². The summed E-state index contributed by atoms with van der Waals surface area (Å²) in [5.41, 5.74) is 4.11. The van der Waals surface area contributed by atoms with Crippen molar-refractivity contribution in [3.05, 3.63) is 76.3 Å². The molecule has 0 saturated carbocycles. The fraction of sp³-hybridized carbons (Fsp3) is 0.276. The van der Waals surface area contributed by atoms with Gasteiger partial charge in [-0.15, -0.1) is 10.2 Å². The standard InChI is InChI=1S/C29H30ClN5O5S2/c1-18-4-6-20(7-5-18)17-35-25-9-8-21(42(37,38)34-10-12-40-13-11-34)15-22(25)27(28(35)36)32-33-29(41)31-24-14-19(2)23(30)16-26(24)39-3/h4-9,14-16,36H,10-13,17H2,1-3H3,(H,31,41). The minimum atomic E-state index is -3.80. The molecule has 1 fully saturated rings. The van der Waals surface area contributed by atoms with Crippen molar-refractivity contribution >= 4 is 61.2 Å². The van der Waals surface area contributed by atoms with E-state index in [2.05, 4.69) is 15.5 Å². The fourth-order valence-corrected chi connectivity index (χ4v) is 6.44. The van der Waals surface area contributed by atoms with Crippen molar-refractivity contribution in [1.29, 1.82) is 0 Å².